The highest BCUT2D eigenvalue weighted by Crippen LogP contribution is 2.24. The van der Waals surface area contributed by atoms with Crippen molar-refractivity contribution in [2.24, 2.45) is 11.8 Å². The molecule has 1 aromatic rings. The Morgan fingerprint density at radius 3 is 2.71 bits per heavy atom. The van der Waals surface area contributed by atoms with Gasteiger partial charge in [0.2, 0.25) is 15.9 Å². The summed E-state index contributed by atoms with van der Waals surface area (Å²) in [5.41, 5.74) is 0.424. The third kappa shape index (κ3) is 5.70. The minimum absolute atomic E-state index is 0.210. The van der Waals surface area contributed by atoms with Gasteiger partial charge in [-0.1, -0.05) is 25.8 Å². The lowest BCUT2D eigenvalue weighted by molar-refractivity contribution is -0.124. The van der Waals surface area contributed by atoms with Crippen LogP contribution in [0, 0.1) is 11.8 Å². The fourth-order valence-corrected chi connectivity index (χ4v) is 4.33. The van der Waals surface area contributed by atoms with Crippen LogP contribution in [0.3, 0.4) is 0 Å². The van der Waals surface area contributed by atoms with E-state index in [1.165, 1.54) is 20.0 Å². The van der Waals surface area contributed by atoms with E-state index in [0.29, 0.717) is 23.9 Å². The summed E-state index contributed by atoms with van der Waals surface area (Å²) in [5, 5.41) is 2.88. The van der Waals surface area contributed by atoms with Gasteiger partial charge in [0.1, 0.15) is 5.75 Å². The van der Waals surface area contributed by atoms with Crippen LogP contribution in [-0.4, -0.2) is 33.7 Å². The van der Waals surface area contributed by atoms with E-state index in [4.69, 9.17) is 4.74 Å². The molecule has 24 heavy (non-hydrogen) atoms. The molecule has 1 aliphatic rings. The van der Waals surface area contributed by atoms with Crippen molar-refractivity contribution < 1.29 is 17.9 Å². The normalized spacial score (nSPS) is 16.6. The summed E-state index contributed by atoms with van der Waals surface area (Å²) in [6.07, 6.45) is 4.72. The number of carbonyl (C=O) groups excluding carboxylic acids is 1. The molecule has 7 heteroatoms. The molecule has 1 fully saturated rings. The first-order chi connectivity index (χ1) is 11.4. The molecule has 0 spiro atoms. The lowest BCUT2D eigenvalue weighted by Crippen LogP contribution is -2.36. The Hall–Kier alpha value is -1.76. The van der Waals surface area contributed by atoms with Crippen LogP contribution in [0.4, 0.5) is 5.69 Å². The molecule has 1 saturated carbocycles. The Balaban J connectivity index is 1.86. The molecule has 0 aromatic heterocycles. The third-order valence-corrected chi connectivity index (χ3v) is 5.79. The molecule has 6 nitrogen and oxygen atoms in total. The van der Waals surface area contributed by atoms with E-state index in [1.807, 2.05) is 0 Å². The van der Waals surface area contributed by atoms with Gasteiger partial charge in [0.25, 0.3) is 0 Å². The van der Waals surface area contributed by atoms with Gasteiger partial charge in [-0.25, -0.2) is 8.42 Å². The maximum atomic E-state index is 12.2. The average Bonchev–Trinajstić information content (AvgIpc) is 3.05. The number of hydrogen-bond donors (Lipinski definition) is 2. The molecule has 0 heterocycles. The molecule has 1 atom stereocenters. The second kappa shape index (κ2) is 8.37. The van der Waals surface area contributed by atoms with Gasteiger partial charge >= 0.3 is 0 Å². The van der Waals surface area contributed by atoms with Crippen molar-refractivity contribution in [2.45, 2.75) is 32.6 Å². The Bertz CT molecular complexity index is 654. The fourth-order valence-electron chi connectivity index (χ4n) is 2.95. The molecule has 0 saturated heterocycles. The molecule has 1 amide bonds. The van der Waals surface area contributed by atoms with Crippen LogP contribution in [0.2, 0.25) is 0 Å². The monoisotopic (exact) mass is 354 g/mol. The predicted molar refractivity (Wildman–Crippen MR) is 94.5 cm³/mol. The predicted octanol–water partition coefficient (Wildman–Crippen LogP) is 2.38. The van der Waals surface area contributed by atoms with Gasteiger partial charge in [-0.15, -0.1) is 0 Å². The molecule has 2 rings (SSSR count). The molecule has 0 aliphatic heterocycles. The highest BCUT2D eigenvalue weighted by Gasteiger charge is 2.23. The minimum Gasteiger partial charge on any atom is -0.497 e. The third-order valence-electron chi connectivity index (χ3n) is 4.30. The summed E-state index contributed by atoms with van der Waals surface area (Å²) < 4.78 is 32.0. The zero-order valence-corrected chi connectivity index (χ0v) is 15.1. The van der Waals surface area contributed by atoms with Crippen molar-refractivity contribution in [2.75, 3.05) is 24.1 Å². The van der Waals surface area contributed by atoms with Crippen molar-refractivity contribution >= 4 is 21.6 Å². The molecular weight excluding hydrogens is 328 g/mol. The number of methoxy groups -OCH3 is 1. The Labute approximate surface area is 144 Å². The van der Waals surface area contributed by atoms with Crippen LogP contribution in [0.1, 0.15) is 32.6 Å². The van der Waals surface area contributed by atoms with Crippen LogP contribution in [0.15, 0.2) is 24.3 Å². The standard InChI is InChI=1S/C17H26N2O4S/c1-13(17(20)18-11-14-6-3-4-7-14)12-24(21,22)19-15-8-5-9-16(10-15)23-2/h5,8-10,13-14,19H,3-4,6-7,11-12H2,1-2H3,(H,18,20). The summed E-state index contributed by atoms with van der Waals surface area (Å²) in [6.45, 7) is 2.28. The number of anilines is 1. The summed E-state index contributed by atoms with van der Waals surface area (Å²) in [7, 11) is -2.09. The largest absolute Gasteiger partial charge is 0.497 e. The van der Waals surface area contributed by atoms with E-state index in [9.17, 15) is 13.2 Å². The zero-order chi connectivity index (χ0) is 17.6. The average molecular weight is 354 g/mol. The highest BCUT2D eigenvalue weighted by molar-refractivity contribution is 7.92. The Kier molecular flexibility index (Phi) is 6.48. The van der Waals surface area contributed by atoms with Crippen molar-refractivity contribution in [1.82, 2.24) is 5.32 Å². The van der Waals surface area contributed by atoms with Gasteiger partial charge in [0, 0.05) is 12.6 Å². The first-order valence-corrected chi connectivity index (χ1v) is 9.97. The van der Waals surface area contributed by atoms with Crippen LogP contribution in [0.25, 0.3) is 0 Å². The number of nitrogens with one attached hydrogen (secondary N) is 2. The quantitative estimate of drug-likeness (QED) is 0.751. The Morgan fingerprint density at radius 1 is 1.33 bits per heavy atom. The zero-order valence-electron chi connectivity index (χ0n) is 14.2. The number of benzene rings is 1. The molecule has 1 unspecified atom stereocenters. The number of ether oxygens (including phenoxy) is 1. The second-order valence-electron chi connectivity index (χ2n) is 6.41. The lowest BCUT2D eigenvalue weighted by Gasteiger charge is -2.16. The van der Waals surface area contributed by atoms with E-state index in [-0.39, 0.29) is 11.7 Å². The van der Waals surface area contributed by atoms with Crippen molar-refractivity contribution in [3.8, 4) is 5.75 Å². The number of rotatable bonds is 8. The van der Waals surface area contributed by atoms with Crippen LogP contribution in [0.5, 0.6) is 5.75 Å². The van der Waals surface area contributed by atoms with E-state index in [2.05, 4.69) is 10.0 Å². The first kappa shape index (κ1) is 18.6. The molecule has 0 bridgehead atoms. The fraction of sp³-hybridized carbons (Fsp3) is 0.588. The lowest BCUT2D eigenvalue weighted by atomic mass is 10.1. The van der Waals surface area contributed by atoms with E-state index < -0.39 is 15.9 Å². The van der Waals surface area contributed by atoms with Crippen molar-refractivity contribution in [3.63, 3.8) is 0 Å². The Morgan fingerprint density at radius 2 is 2.04 bits per heavy atom. The van der Waals surface area contributed by atoms with Crippen LogP contribution < -0.4 is 14.8 Å². The van der Waals surface area contributed by atoms with Crippen molar-refractivity contribution in [1.29, 1.82) is 0 Å². The van der Waals surface area contributed by atoms with E-state index in [1.54, 1.807) is 31.2 Å². The second-order valence-corrected chi connectivity index (χ2v) is 8.18. The van der Waals surface area contributed by atoms with Gasteiger partial charge in [0.15, 0.2) is 0 Å². The topological polar surface area (TPSA) is 84.5 Å². The van der Waals surface area contributed by atoms with Gasteiger partial charge in [0.05, 0.1) is 24.5 Å². The number of carbonyl (C=O) groups is 1. The number of amides is 1. The van der Waals surface area contributed by atoms with E-state index in [0.717, 1.165) is 12.8 Å². The maximum absolute atomic E-state index is 12.2. The van der Waals surface area contributed by atoms with Gasteiger partial charge in [-0.2, -0.15) is 0 Å². The number of hydrogen-bond acceptors (Lipinski definition) is 4. The minimum atomic E-state index is -3.61. The molecular formula is C17H26N2O4S. The van der Waals surface area contributed by atoms with E-state index >= 15 is 0 Å². The SMILES string of the molecule is COc1cccc(NS(=O)(=O)CC(C)C(=O)NCC2CCCC2)c1. The number of sulfonamides is 1. The van der Waals surface area contributed by atoms with Crippen molar-refractivity contribution in [3.05, 3.63) is 24.3 Å². The molecule has 0 radical (unpaired) electrons. The molecule has 1 aromatic carbocycles. The van der Waals surface area contributed by atoms with Crippen LogP contribution in [-0.2, 0) is 14.8 Å². The first-order valence-electron chi connectivity index (χ1n) is 8.32. The molecule has 134 valence electrons. The summed E-state index contributed by atoms with van der Waals surface area (Å²) in [6, 6.07) is 6.68. The molecule has 1 aliphatic carbocycles. The van der Waals surface area contributed by atoms with Gasteiger partial charge in [-0.05, 0) is 30.9 Å². The summed E-state index contributed by atoms with van der Waals surface area (Å²) in [4.78, 5) is 12.1. The smallest absolute Gasteiger partial charge is 0.233 e. The van der Waals surface area contributed by atoms with Gasteiger partial charge < -0.3 is 10.1 Å². The maximum Gasteiger partial charge on any atom is 0.233 e. The highest BCUT2D eigenvalue weighted by atomic mass is 32.2. The van der Waals surface area contributed by atoms with Crippen LogP contribution >= 0.6 is 0 Å². The molecule has 2 N–H and O–H groups in total. The summed E-state index contributed by atoms with van der Waals surface area (Å²) in [5.74, 6) is 0.0402. The summed E-state index contributed by atoms with van der Waals surface area (Å²) >= 11 is 0. The van der Waals surface area contributed by atoms with Gasteiger partial charge in [-0.3, -0.25) is 9.52 Å².